The molecule has 0 spiro atoms. The third kappa shape index (κ3) is 3.35. The molecule has 1 saturated heterocycles. The number of carbonyl (C=O) groups excluding carboxylic acids is 2. The number of thiophene rings is 1. The van der Waals surface area contributed by atoms with Gasteiger partial charge >= 0.3 is 0 Å². The minimum Gasteiger partial charge on any atom is -0.346 e. The summed E-state index contributed by atoms with van der Waals surface area (Å²) >= 11 is 1.46. The summed E-state index contributed by atoms with van der Waals surface area (Å²) in [4.78, 5) is 29.8. The van der Waals surface area contributed by atoms with E-state index in [1.54, 1.807) is 0 Å². The van der Waals surface area contributed by atoms with Crippen LogP contribution < -0.4 is 0 Å². The van der Waals surface area contributed by atoms with E-state index in [4.69, 9.17) is 0 Å². The Kier molecular flexibility index (Phi) is 4.99. The van der Waals surface area contributed by atoms with Gasteiger partial charge in [-0.2, -0.15) is 0 Å². The van der Waals surface area contributed by atoms with Crippen molar-refractivity contribution in [2.75, 3.05) is 26.2 Å². The van der Waals surface area contributed by atoms with Gasteiger partial charge in [0, 0.05) is 43.6 Å². The maximum atomic E-state index is 12.9. The summed E-state index contributed by atoms with van der Waals surface area (Å²) < 4.78 is 2.20. The number of rotatable bonds is 3. The molecule has 3 rings (SSSR count). The first-order valence-electron chi connectivity index (χ1n) is 8.70. The van der Waals surface area contributed by atoms with E-state index >= 15 is 0 Å². The van der Waals surface area contributed by atoms with Crippen molar-refractivity contribution in [3.05, 3.63) is 45.4 Å². The second-order valence-electron chi connectivity index (χ2n) is 6.81. The van der Waals surface area contributed by atoms with Gasteiger partial charge in [-0.1, -0.05) is 6.07 Å². The monoisotopic (exact) mass is 359 g/mol. The molecule has 25 heavy (non-hydrogen) atoms. The molecule has 1 aliphatic rings. The molecule has 0 aromatic carbocycles. The molecule has 0 atom stereocenters. The van der Waals surface area contributed by atoms with Crippen molar-refractivity contribution in [1.29, 1.82) is 0 Å². The Morgan fingerprint density at radius 1 is 1.04 bits per heavy atom. The highest BCUT2D eigenvalue weighted by molar-refractivity contribution is 7.12. The molecule has 0 saturated carbocycles. The number of amides is 2. The van der Waals surface area contributed by atoms with Crippen molar-refractivity contribution < 1.29 is 9.59 Å². The van der Waals surface area contributed by atoms with Crippen LogP contribution in [-0.4, -0.2) is 52.4 Å². The van der Waals surface area contributed by atoms with Crippen molar-refractivity contribution in [3.8, 4) is 0 Å². The summed E-state index contributed by atoms with van der Waals surface area (Å²) in [6.45, 7) is 10.7. The number of piperazine rings is 1. The molecule has 2 aromatic heterocycles. The van der Waals surface area contributed by atoms with Crippen LogP contribution in [0.25, 0.3) is 0 Å². The quantitative estimate of drug-likeness (QED) is 0.844. The first-order chi connectivity index (χ1) is 11.9. The summed E-state index contributed by atoms with van der Waals surface area (Å²) in [7, 11) is 0. The average molecular weight is 359 g/mol. The lowest BCUT2D eigenvalue weighted by Gasteiger charge is -2.34. The van der Waals surface area contributed by atoms with E-state index in [0.29, 0.717) is 32.2 Å². The molecule has 0 unspecified atom stereocenters. The first-order valence-corrected chi connectivity index (χ1v) is 9.58. The van der Waals surface area contributed by atoms with Gasteiger partial charge < -0.3 is 14.4 Å². The van der Waals surface area contributed by atoms with Crippen LogP contribution in [0, 0.1) is 13.8 Å². The predicted octanol–water partition coefficient (Wildman–Crippen LogP) is 3.35. The number of aromatic nitrogens is 1. The number of aryl methyl sites for hydroxylation is 1. The van der Waals surface area contributed by atoms with Gasteiger partial charge in [0.05, 0.1) is 10.4 Å². The highest BCUT2D eigenvalue weighted by Crippen LogP contribution is 2.22. The molecule has 0 aliphatic carbocycles. The van der Waals surface area contributed by atoms with Crippen LogP contribution >= 0.6 is 11.3 Å². The van der Waals surface area contributed by atoms with Crippen LogP contribution in [-0.2, 0) is 0 Å². The lowest BCUT2D eigenvalue weighted by molar-refractivity contribution is 0.0537. The van der Waals surface area contributed by atoms with Crippen molar-refractivity contribution in [1.82, 2.24) is 14.4 Å². The van der Waals surface area contributed by atoms with Gasteiger partial charge in [0.2, 0.25) is 0 Å². The van der Waals surface area contributed by atoms with Gasteiger partial charge in [-0.25, -0.2) is 0 Å². The van der Waals surface area contributed by atoms with Crippen LogP contribution in [0.5, 0.6) is 0 Å². The maximum absolute atomic E-state index is 12.9. The van der Waals surface area contributed by atoms with E-state index < -0.39 is 0 Å². The summed E-state index contributed by atoms with van der Waals surface area (Å²) in [5.74, 6) is 0.142. The molecular formula is C19H25N3O2S. The van der Waals surface area contributed by atoms with Gasteiger partial charge in [-0.3, -0.25) is 9.59 Å². The van der Waals surface area contributed by atoms with Gasteiger partial charge in [-0.05, 0) is 45.2 Å². The van der Waals surface area contributed by atoms with Gasteiger partial charge in [-0.15, -0.1) is 11.3 Å². The van der Waals surface area contributed by atoms with E-state index in [9.17, 15) is 9.59 Å². The highest BCUT2D eigenvalue weighted by Gasteiger charge is 2.28. The lowest BCUT2D eigenvalue weighted by Crippen LogP contribution is -2.50. The molecule has 0 radical (unpaired) electrons. The highest BCUT2D eigenvalue weighted by atomic mass is 32.1. The van der Waals surface area contributed by atoms with Crippen molar-refractivity contribution in [2.45, 2.75) is 33.7 Å². The number of carbonyl (C=O) groups is 2. The Bertz CT molecular complexity index is 769. The third-order valence-electron chi connectivity index (χ3n) is 4.82. The zero-order valence-corrected chi connectivity index (χ0v) is 16.1. The molecule has 2 amide bonds. The van der Waals surface area contributed by atoms with Crippen LogP contribution in [0.3, 0.4) is 0 Å². The number of hydrogen-bond donors (Lipinski definition) is 0. The minimum atomic E-state index is 0.0695. The zero-order chi connectivity index (χ0) is 18.1. The van der Waals surface area contributed by atoms with E-state index in [1.165, 1.54) is 11.3 Å². The van der Waals surface area contributed by atoms with Crippen LogP contribution in [0.15, 0.2) is 23.6 Å². The lowest BCUT2D eigenvalue weighted by atomic mass is 10.2. The Morgan fingerprint density at radius 3 is 2.12 bits per heavy atom. The molecular weight excluding hydrogens is 334 g/mol. The number of nitrogens with zero attached hydrogens (tertiary/aromatic N) is 3. The Labute approximate surface area is 152 Å². The standard InChI is InChI=1S/C19H25N3O2S/c1-13(2)22-14(3)12-16(15(22)4)18(23)20-7-9-21(10-8-20)19(24)17-6-5-11-25-17/h5-6,11-13H,7-10H2,1-4H3. The molecule has 2 aromatic rings. The Morgan fingerprint density at radius 2 is 1.64 bits per heavy atom. The fraction of sp³-hybridized carbons (Fsp3) is 0.474. The molecule has 6 heteroatoms. The van der Waals surface area contributed by atoms with Crippen LogP contribution in [0.4, 0.5) is 0 Å². The summed E-state index contributed by atoms with van der Waals surface area (Å²) in [6, 6.07) is 6.07. The smallest absolute Gasteiger partial charge is 0.264 e. The zero-order valence-electron chi connectivity index (χ0n) is 15.3. The molecule has 0 N–H and O–H groups in total. The second kappa shape index (κ2) is 7.04. The average Bonchev–Trinajstić information content (AvgIpc) is 3.22. The SMILES string of the molecule is Cc1cc(C(=O)N2CCN(C(=O)c3cccs3)CC2)c(C)n1C(C)C. The number of hydrogen-bond acceptors (Lipinski definition) is 3. The van der Waals surface area contributed by atoms with Gasteiger partial charge in [0.15, 0.2) is 0 Å². The summed E-state index contributed by atoms with van der Waals surface area (Å²) in [5.41, 5.74) is 2.92. The topological polar surface area (TPSA) is 45.6 Å². The van der Waals surface area contributed by atoms with E-state index in [2.05, 4.69) is 18.4 Å². The molecule has 134 valence electrons. The largest absolute Gasteiger partial charge is 0.346 e. The van der Waals surface area contributed by atoms with E-state index in [-0.39, 0.29) is 11.8 Å². The second-order valence-corrected chi connectivity index (χ2v) is 7.76. The van der Waals surface area contributed by atoms with Crippen molar-refractivity contribution in [2.24, 2.45) is 0 Å². The van der Waals surface area contributed by atoms with Gasteiger partial charge in [0.25, 0.3) is 11.8 Å². The van der Waals surface area contributed by atoms with Crippen molar-refractivity contribution >= 4 is 23.2 Å². The molecule has 0 bridgehead atoms. The van der Waals surface area contributed by atoms with Crippen molar-refractivity contribution in [3.63, 3.8) is 0 Å². The fourth-order valence-corrected chi connectivity index (χ4v) is 4.32. The molecule has 5 nitrogen and oxygen atoms in total. The maximum Gasteiger partial charge on any atom is 0.264 e. The summed E-state index contributed by atoms with van der Waals surface area (Å²) in [5, 5.41) is 1.91. The summed E-state index contributed by atoms with van der Waals surface area (Å²) in [6.07, 6.45) is 0. The Balaban J connectivity index is 1.68. The Hall–Kier alpha value is -2.08. The first kappa shape index (κ1) is 17.7. The third-order valence-corrected chi connectivity index (χ3v) is 5.68. The fourth-order valence-electron chi connectivity index (χ4n) is 3.63. The molecule has 1 fully saturated rings. The molecule has 3 heterocycles. The van der Waals surface area contributed by atoms with Gasteiger partial charge in [0.1, 0.15) is 0 Å². The predicted molar refractivity (Wildman–Crippen MR) is 100 cm³/mol. The van der Waals surface area contributed by atoms with E-state index in [0.717, 1.165) is 21.8 Å². The molecule has 1 aliphatic heterocycles. The van der Waals surface area contributed by atoms with E-state index in [1.807, 2.05) is 47.2 Å². The normalized spacial score (nSPS) is 15.1. The minimum absolute atomic E-state index is 0.0695. The van der Waals surface area contributed by atoms with Crippen LogP contribution in [0.1, 0.15) is 51.3 Å². The van der Waals surface area contributed by atoms with Crippen LogP contribution in [0.2, 0.25) is 0 Å².